The first kappa shape index (κ1) is 88.1. The third kappa shape index (κ3) is 14.9. The third-order valence-corrected chi connectivity index (χ3v) is 39.1. The Hall–Kier alpha value is -17.6. The predicted octanol–water partition coefficient (Wildman–Crippen LogP) is 29.4. The smallest absolute Gasteiger partial charge is 0.260 e. The van der Waals surface area contributed by atoms with Gasteiger partial charge in [-0.25, -0.2) is 0 Å². The van der Waals surface area contributed by atoms with E-state index in [0.717, 1.165) is 213 Å². The van der Waals surface area contributed by atoms with Crippen LogP contribution in [0.15, 0.2) is 510 Å². The molecule has 0 radical (unpaired) electrons. The summed E-state index contributed by atoms with van der Waals surface area (Å²) < 4.78 is 52.9. The molecule has 696 valence electrons. The van der Waals surface area contributed by atoms with Gasteiger partial charge in [-0.2, -0.15) is 0 Å². The monoisotopic (exact) mass is 1970 g/mol. The molecule has 8 nitrogen and oxygen atoms in total. The maximum absolute atomic E-state index is 6.86. The number of rotatable bonds is 9. The van der Waals surface area contributed by atoms with E-state index in [1.165, 1.54) is 65.6 Å². The molecule has 0 N–H and O–H groups in total. The highest BCUT2D eigenvalue weighted by Crippen LogP contribution is 2.63. The molecule has 0 spiro atoms. The third-order valence-electron chi connectivity index (χ3n) is 29.4. The van der Waals surface area contributed by atoms with Gasteiger partial charge in [0, 0.05) is 54.4 Å². The molecule has 14 heteroatoms. The molecule has 23 aromatic rings. The number of benzene rings is 23. The quantitative estimate of drug-likeness (QED) is 0.103. The molecule has 0 fully saturated rings. The summed E-state index contributed by atoms with van der Waals surface area (Å²) in [4.78, 5) is 0. The maximum atomic E-state index is 6.86. The van der Waals surface area contributed by atoms with E-state index in [1.54, 1.807) is 0 Å². The van der Waals surface area contributed by atoms with Crippen molar-refractivity contribution in [2.75, 3.05) is 0 Å². The van der Waals surface area contributed by atoms with E-state index in [1.807, 2.05) is 78.9 Å². The Morgan fingerprint density at radius 1 is 0.162 bits per heavy atom. The number of hydrogen-bond donors (Lipinski definition) is 0. The van der Waals surface area contributed by atoms with Crippen LogP contribution in [-0.4, -0.2) is 13.4 Å². The summed E-state index contributed by atoms with van der Waals surface area (Å²) >= 11 is 13.4. The Morgan fingerprint density at radius 3 is 0.845 bits per heavy atom. The summed E-state index contributed by atoms with van der Waals surface area (Å²) in [5, 5.41) is 11.1. The molecular formula is C134H84B2O8P2S2. The van der Waals surface area contributed by atoms with E-state index in [0.29, 0.717) is 0 Å². The molecule has 0 saturated heterocycles. The number of para-hydroxylation sites is 4. The van der Waals surface area contributed by atoms with Crippen molar-refractivity contribution < 1.29 is 37.9 Å². The van der Waals surface area contributed by atoms with Crippen molar-refractivity contribution in [1.29, 1.82) is 0 Å². The maximum Gasteiger partial charge on any atom is 0.260 e. The predicted molar refractivity (Wildman–Crippen MR) is 618 cm³/mol. The topological polar surface area (TPSA) is 73.8 Å². The Kier molecular flexibility index (Phi) is 21.6. The van der Waals surface area contributed by atoms with Gasteiger partial charge in [0.25, 0.3) is 13.4 Å². The van der Waals surface area contributed by atoms with Crippen molar-refractivity contribution in [2.24, 2.45) is 0 Å². The average Bonchev–Trinajstić information content (AvgIpc) is 0.791. The fourth-order valence-electron chi connectivity index (χ4n) is 22.7. The Balaban J connectivity index is 0.0000000954. The van der Waals surface area contributed by atoms with Crippen LogP contribution < -0.4 is 102 Å². The standard InChI is InChI=1S/C38H23BO2.C36H23BO2.2C30H19O2PS/c1-3-12-24(13-4-1)34-28-18-9-7-16-26(28)22-30-37(34)40-32-20-11-21-33-36(32)39(30)31-23-27-17-8-10-19-29(27)35(38(31)41-33)25-14-5-2-6-15-25;1-3-11-24(12-4-1)26-19-27(25-13-5-2-6-14-25)21-28(20-26)29-22-34-36-35(23-29)39-33-18-10-8-16-31(33)37(36)30-15-7-9-17-32(30)38-34;34-33-26-18-7-14-22(20-10-3-1-4-11-20)28(26)31-24-16-9-17-25(30(24)33)32-29-23(15-8-19-27(29)33)21-12-5-2-6-13-21;34-33-28-16-14-22(20-8-3-1-4-9-20)18-26(28)31-24-12-7-13-25(30(24)33)32-27-19-23(15-17-29(27)33)21-10-5-2-6-11-21/h1-23H;1-23H;2*1-19H. The van der Waals surface area contributed by atoms with Gasteiger partial charge in [0.1, 0.15) is 92.0 Å². The molecule has 0 bridgehead atoms. The van der Waals surface area contributed by atoms with Crippen LogP contribution >= 0.6 is 12.1 Å². The van der Waals surface area contributed by atoms with Crippen molar-refractivity contribution >= 4 is 135 Å². The molecule has 8 heterocycles. The molecule has 0 unspecified atom stereocenters. The fourth-order valence-corrected chi connectivity index (χ4v) is 31.7. The highest BCUT2D eigenvalue weighted by atomic mass is 32.4. The second-order valence-corrected chi connectivity index (χ2v) is 46.5. The van der Waals surface area contributed by atoms with Crippen molar-refractivity contribution in [3.8, 4) is 192 Å². The second kappa shape index (κ2) is 36.3. The lowest BCUT2D eigenvalue weighted by Crippen LogP contribution is -2.57. The SMILES string of the molecule is S=P12c3ccc(-c4ccccc4)cc3Oc3cccc(c31)Oc1cc(-c3ccccc3)ccc12.S=P12c3cccc(-c4ccccc4)c3Oc3cccc(c31)Oc1c(-c3ccccc3)cccc12.c1ccc(-c2c3c(cc4ccccc24)B2c4cc5ccccc5c(-c5ccccc5)c4Oc4cccc(c42)O3)cc1.c1ccc(-c2cc(-c3ccccc3)cc(-c3cc4c5c(c3)Oc3ccccc3B5c3ccccc3O4)c2)cc1. The van der Waals surface area contributed by atoms with Gasteiger partial charge in [0.05, 0.1) is 22.7 Å². The van der Waals surface area contributed by atoms with E-state index in [4.69, 9.17) is 61.5 Å². The van der Waals surface area contributed by atoms with Crippen molar-refractivity contribution in [3.63, 3.8) is 0 Å². The van der Waals surface area contributed by atoms with Crippen LogP contribution in [0.3, 0.4) is 0 Å². The normalized spacial score (nSPS) is 13.3. The van der Waals surface area contributed by atoms with E-state index in [-0.39, 0.29) is 13.4 Å². The van der Waals surface area contributed by atoms with Gasteiger partial charge in [0.15, 0.2) is 0 Å². The van der Waals surface area contributed by atoms with Gasteiger partial charge in [0.2, 0.25) is 0 Å². The average molecular weight is 1970 g/mol. The fraction of sp³-hybridized carbons (Fsp3) is 0. The molecular weight excluding hydrogens is 1890 g/mol. The largest absolute Gasteiger partial charge is 0.458 e. The van der Waals surface area contributed by atoms with Gasteiger partial charge in [-0.15, -0.1) is 0 Å². The molecule has 8 aliphatic rings. The summed E-state index contributed by atoms with van der Waals surface area (Å²) in [7, 11) is 0. The summed E-state index contributed by atoms with van der Waals surface area (Å²) in [5.74, 6) is 13.7. The van der Waals surface area contributed by atoms with Gasteiger partial charge >= 0.3 is 0 Å². The summed E-state index contributed by atoms with van der Waals surface area (Å²) in [6.45, 7) is 0.0438. The molecule has 148 heavy (non-hydrogen) atoms. The van der Waals surface area contributed by atoms with Crippen molar-refractivity contribution in [2.45, 2.75) is 0 Å². The Morgan fingerprint density at radius 2 is 0.439 bits per heavy atom. The zero-order valence-corrected chi connectivity index (χ0v) is 83.1. The lowest BCUT2D eigenvalue weighted by atomic mass is 9.34. The molecule has 0 saturated carbocycles. The van der Waals surface area contributed by atoms with Crippen LogP contribution in [0.2, 0.25) is 0 Å². The first-order chi connectivity index (χ1) is 73.1. The van der Waals surface area contributed by atoms with Gasteiger partial charge in [-0.3, -0.25) is 0 Å². The van der Waals surface area contributed by atoms with Crippen LogP contribution in [0.25, 0.3) is 122 Å². The first-order valence-electron chi connectivity index (χ1n) is 49.8. The van der Waals surface area contributed by atoms with Crippen LogP contribution in [0, 0.1) is 0 Å². The van der Waals surface area contributed by atoms with Crippen molar-refractivity contribution in [3.05, 3.63) is 510 Å². The zero-order chi connectivity index (χ0) is 98.1. The summed E-state index contributed by atoms with van der Waals surface area (Å²) in [6.07, 6.45) is 0. The van der Waals surface area contributed by atoms with Crippen LogP contribution in [0.4, 0.5) is 0 Å². The number of fused-ring (bicyclic) bond motifs is 18. The Labute approximate surface area is 868 Å². The van der Waals surface area contributed by atoms with Crippen LogP contribution in [-0.2, 0) is 23.6 Å². The number of ether oxygens (including phenoxy) is 8. The highest BCUT2D eigenvalue weighted by molar-refractivity contribution is 8.26. The lowest BCUT2D eigenvalue weighted by molar-refractivity contribution is 0.464. The summed E-state index contributed by atoms with van der Waals surface area (Å²) in [5.41, 5.74) is 27.3. The van der Waals surface area contributed by atoms with E-state index in [9.17, 15) is 0 Å². The van der Waals surface area contributed by atoms with E-state index < -0.39 is 12.1 Å². The molecule has 0 aromatic heterocycles. The van der Waals surface area contributed by atoms with Gasteiger partial charge < -0.3 is 37.9 Å². The zero-order valence-electron chi connectivity index (χ0n) is 79.6. The molecule has 8 aliphatic heterocycles. The second-order valence-electron chi connectivity index (χ2n) is 37.9. The van der Waals surface area contributed by atoms with E-state index in [2.05, 4.69) is 431 Å². The van der Waals surface area contributed by atoms with Crippen LogP contribution in [0.5, 0.6) is 92.0 Å². The van der Waals surface area contributed by atoms with Crippen molar-refractivity contribution in [1.82, 2.24) is 0 Å². The molecule has 0 atom stereocenters. The summed E-state index contributed by atoms with van der Waals surface area (Å²) in [6, 6.07) is 173. The first-order valence-corrected chi connectivity index (χ1v) is 55.4. The number of hydrogen-bond acceptors (Lipinski definition) is 10. The molecule has 0 aliphatic carbocycles. The molecule has 0 amide bonds. The minimum Gasteiger partial charge on any atom is -0.458 e. The highest BCUT2D eigenvalue weighted by Gasteiger charge is 2.48. The Bertz CT molecular complexity index is 8930. The van der Waals surface area contributed by atoms with Crippen LogP contribution in [0.1, 0.15) is 0 Å². The molecule has 31 rings (SSSR count). The minimum atomic E-state index is -2.43. The molecule has 23 aromatic carbocycles. The van der Waals surface area contributed by atoms with Gasteiger partial charge in [-0.05, 0) is 237 Å². The van der Waals surface area contributed by atoms with E-state index >= 15 is 0 Å². The minimum absolute atomic E-state index is 0.0344. The lowest BCUT2D eigenvalue weighted by Gasteiger charge is -2.38. The van der Waals surface area contributed by atoms with Gasteiger partial charge in [-0.1, -0.05) is 418 Å².